The predicted molar refractivity (Wildman–Crippen MR) is 189 cm³/mol. The minimum atomic E-state index is -1.85. The average Bonchev–Trinajstić information content (AvgIpc) is 3.62. The number of hydrogen-bond donors (Lipinski definition) is 2. The number of aromatic nitrogens is 1. The second-order valence-corrected chi connectivity index (χ2v) is 14.3. The predicted octanol–water partition coefficient (Wildman–Crippen LogP) is 1.45. The maximum Gasteiger partial charge on any atom is 0.410 e. The number of esters is 1. The van der Waals surface area contributed by atoms with Gasteiger partial charge in [-0.3, -0.25) is 23.5 Å². The summed E-state index contributed by atoms with van der Waals surface area (Å²) in [6.45, 7) is 1.80. The number of carbonyl (C=O) groups excluding carboxylic acids is 5. The molecule has 0 bridgehead atoms. The molecule has 3 aliphatic heterocycles. The number of anilines is 1. The fraction of sp³-hybridized carbons (Fsp3) is 0.324. The highest BCUT2D eigenvalue weighted by Gasteiger charge is 2.58. The molecule has 0 aliphatic carbocycles. The quantitative estimate of drug-likeness (QED) is 0.0897. The molecule has 2 fully saturated rings. The number of amides is 4. The Balaban J connectivity index is 1.28. The van der Waals surface area contributed by atoms with Gasteiger partial charge in [-0.25, -0.2) is 14.6 Å². The van der Waals surface area contributed by atoms with Crippen molar-refractivity contribution in [3.63, 3.8) is 0 Å². The van der Waals surface area contributed by atoms with Gasteiger partial charge in [0.1, 0.15) is 36.5 Å². The Morgan fingerprint density at radius 1 is 1.06 bits per heavy atom. The van der Waals surface area contributed by atoms with Gasteiger partial charge in [0, 0.05) is 37.1 Å². The number of piperazine rings is 1. The van der Waals surface area contributed by atoms with E-state index in [2.05, 4.69) is 25.7 Å². The number of hydrogen-bond acceptors (Lipinski definition) is 13. The molecule has 16 nitrogen and oxygen atoms in total. The number of β-lactam (4-membered cyclic amide) rings is 1. The molecule has 0 saturated carbocycles. The van der Waals surface area contributed by atoms with Crippen LogP contribution in [0.4, 0.5) is 9.93 Å². The maximum absolute atomic E-state index is 14.3. The van der Waals surface area contributed by atoms with E-state index in [9.17, 15) is 28.2 Å². The van der Waals surface area contributed by atoms with Gasteiger partial charge in [0.15, 0.2) is 16.9 Å². The first kappa shape index (κ1) is 36.3. The van der Waals surface area contributed by atoms with E-state index in [1.165, 1.54) is 12.5 Å². The summed E-state index contributed by atoms with van der Waals surface area (Å²) in [6, 6.07) is 16.8. The standard InChI is InChI=1S/C34H35N7O9S2/c1-39-13-15-40(16-14-39)34(46)49-17-23-19-52(47)31-26(37-29(43)25(38-48-2)24-18-51-33(36-24)35-20-42)30(44)41(31)27(23)32(45)50-28(21-9-5-3-6-10-21)22-11-7-4-8-12-22/h3-12,18,20,26,28,31H,13-17,19H2,1-2H3,(H,37,43)(H,35,36,42)/t26?,31-,52?/m0/s1. The van der Waals surface area contributed by atoms with Crippen LogP contribution in [0.25, 0.3) is 0 Å². The molecule has 272 valence electrons. The molecular formula is C34H35N7O9S2. The molecule has 3 aromatic rings. The van der Waals surface area contributed by atoms with E-state index in [0.29, 0.717) is 43.7 Å². The molecular weight excluding hydrogens is 715 g/mol. The Hall–Kier alpha value is -5.46. The number of nitrogens with one attached hydrogen (secondary N) is 2. The van der Waals surface area contributed by atoms with Crippen molar-refractivity contribution in [3.05, 3.63) is 94.1 Å². The van der Waals surface area contributed by atoms with Crippen LogP contribution in [0.3, 0.4) is 0 Å². The molecule has 6 rings (SSSR count). The maximum atomic E-state index is 14.3. The van der Waals surface area contributed by atoms with Crippen LogP contribution in [0, 0.1) is 0 Å². The second-order valence-electron chi connectivity index (χ2n) is 11.9. The van der Waals surface area contributed by atoms with Crippen molar-refractivity contribution < 1.29 is 42.5 Å². The fourth-order valence-corrected chi connectivity index (χ4v) is 8.25. The third-order valence-corrected chi connectivity index (χ3v) is 11.0. The van der Waals surface area contributed by atoms with Gasteiger partial charge in [-0.15, -0.1) is 11.3 Å². The topological polar surface area (TPSA) is 189 Å². The van der Waals surface area contributed by atoms with Crippen molar-refractivity contribution in [1.82, 2.24) is 25.0 Å². The van der Waals surface area contributed by atoms with E-state index in [1.54, 1.807) is 53.4 Å². The van der Waals surface area contributed by atoms with E-state index in [-0.39, 0.29) is 33.6 Å². The van der Waals surface area contributed by atoms with E-state index in [0.717, 1.165) is 16.2 Å². The highest BCUT2D eigenvalue weighted by Crippen LogP contribution is 2.37. The van der Waals surface area contributed by atoms with Crippen LogP contribution in [0.5, 0.6) is 0 Å². The molecule has 2 unspecified atom stereocenters. The van der Waals surface area contributed by atoms with Gasteiger partial charge >= 0.3 is 12.1 Å². The normalized spacial score (nSPS) is 20.5. The number of ether oxygens (including phenoxy) is 2. The first-order valence-corrected chi connectivity index (χ1v) is 18.4. The van der Waals surface area contributed by atoms with Crippen molar-refractivity contribution in [1.29, 1.82) is 0 Å². The van der Waals surface area contributed by atoms with Crippen LogP contribution in [-0.4, -0.2) is 124 Å². The van der Waals surface area contributed by atoms with Crippen molar-refractivity contribution >= 4 is 63.3 Å². The molecule has 18 heteroatoms. The number of nitrogens with zero attached hydrogens (tertiary/aromatic N) is 5. The molecule has 2 N–H and O–H groups in total. The molecule has 2 saturated heterocycles. The summed E-state index contributed by atoms with van der Waals surface area (Å²) < 4.78 is 25.5. The van der Waals surface area contributed by atoms with Crippen molar-refractivity contribution in [2.24, 2.45) is 5.16 Å². The lowest BCUT2D eigenvalue weighted by molar-refractivity contribution is -0.154. The molecule has 4 amide bonds. The Morgan fingerprint density at radius 2 is 1.71 bits per heavy atom. The average molecular weight is 750 g/mol. The number of rotatable bonds is 12. The molecule has 3 aliphatic rings. The lowest BCUT2D eigenvalue weighted by Gasteiger charge is -2.49. The van der Waals surface area contributed by atoms with Crippen LogP contribution < -0.4 is 10.6 Å². The molecule has 3 atom stereocenters. The minimum absolute atomic E-state index is 0.0589. The van der Waals surface area contributed by atoms with Gasteiger partial charge in [-0.1, -0.05) is 65.8 Å². The summed E-state index contributed by atoms with van der Waals surface area (Å²) in [4.78, 5) is 79.1. The third kappa shape index (κ3) is 7.73. The zero-order valence-corrected chi connectivity index (χ0v) is 29.8. The lowest BCUT2D eigenvalue weighted by Crippen LogP contribution is -2.74. The number of thiazole rings is 1. The summed E-state index contributed by atoms with van der Waals surface area (Å²) in [6.07, 6.45) is -1.06. The molecule has 4 heterocycles. The molecule has 0 spiro atoms. The van der Waals surface area contributed by atoms with Crippen LogP contribution in [0.15, 0.2) is 82.5 Å². The minimum Gasteiger partial charge on any atom is -0.448 e. The molecule has 52 heavy (non-hydrogen) atoms. The second kappa shape index (κ2) is 16.3. The number of oxime groups is 1. The largest absolute Gasteiger partial charge is 0.448 e. The van der Waals surface area contributed by atoms with Gasteiger partial charge < -0.3 is 34.7 Å². The summed E-state index contributed by atoms with van der Waals surface area (Å²) in [5, 5.41) is 9.18. The SMILES string of the molecule is CON=C(C(=O)NC1C(=O)N2C(C(=O)OC(c3ccccc3)c3ccccc3)=C(COC(=O)N3CCN(C)CC3)CS(=O)[C@@H]12)c1csc(NC=O)n1. The monoisotopic (exact) mass is 749 g/mol. The van der Waals surface area contributed by atoms with E-state index in [4.69, 9.17) is 14.3 Å². The zero-order valence-electron chi connectivity index (χ0n) is 28.1. The van der Waals surface area contributed by atoms with Gasteiger partial charge in [0.25, 0.3) is 11.8 Å². The van der Waals surface area contributed by atoms with Crippen molar-refractivity contribution in [2.45, 2.75) is 17.5 Å². The number of fused-ring (bicyclic) bond motifs is 1. The molecule has 0 radical (unpaired) electrons. The summed E-state index contributed by atoms with van der Waals surface area (Å²) in [5.41, 5.74) is 1.02. The van der Waals surface area contributed by atoms with Gasteiger partial charge in [-0.05, 0) is 18.2 Å². The summed E-state index contributed by atoms with van der Waals surface area (Å²) in [7, 11) is 1.31. The van der Waals surface area contributed by atoms with Crippen molar-refractivity contribution in [2.75, 3.05) is 58.0 Å². The Bertz CT molecular complexity index is 1870. The number of likely N-dealkylation sites (N-methyl/N-ethyl adjacent to an activating group) is 1. The summed E-state index contributed by atoms with van der Waals surface area (Å²) >= 11 is 1.03. The summed E-state index contributed by atoms with van der Waals surface area (Å²) in [5.74, 6) is -2.75. The van der Waals surface area contributed by atoms with Gasteiger partial charge in [0.05, 0.1) is 16.6 Å². The Kier molecular flexibility index (Phi) is 11.4. The van der Waals surface area contributed by atoms with E-state index >= 15 is 0 Å². The van der Waals surface area contributed by atoms with Crippen LogP contribution in [0.2, 0.25) is 0 Å². The van der Waals surface area contributed by atoms with Gasteiger partial charge in [0.2, 0.25) is 6.41 Å². The number of benzene rings is 2. The Labute approximate surface area is 304 Å². The van der Waals surface area contributed by atoms with Crippen LogP contribution in [-0.2, 0) is 44.3 Å². The first-order chi connectivity index (χ1) is 25.2. The smallest absolute Gasteiger partial charge is 0.410 e. The Morgan fingerprint density at radius 3 is 2.33 bits per heavy atom. The molecule has 2 aromatic carbocycles. The van der Waals surface area contributed by atoms with Crippen LogP contribution in [0.1, 0.15) is 22.9 Å². The fourth-order valence-electron chi connectivity index (χ4n) is 5.93. The number of carbonyl (C=O) groups is 5. The first-order valence-electron chi connectivity index (χ1n) is 16.1. The van der Waals surface area contributed by atoms with E-state index in [1.807, 2.05) is 19.2 Å². The van der Waals surface area contributed by atoms with Crippen molar-refractivity contribution in [3.8, 4) is 0 Å². The van der Waals surface area contributed by atoms with Crippen LogP contribution >= 0.6 is 11.3 Å². The zero-order chi connectivity index (χ0) is 36.8. The lowest BCUT2D eigenvalue weighted by atomic mass is 10.0. The highest BCUT2D eigenvalue weighted by atomic mass is 32.2. The third-order valence-electron chi connectivity index (χ3n) is 8.57. The molecule has 1 aromatic heterocycles. The van der Waals surface area contributed by atoms with Gasteiger partial charge in [-0.2, -0.15) is 0 Å². The highest BCUT2D eigenvalue weighted by molar-refractivity contribution is 7.86. The van der Waals surface area contributed by atoms with E-state index < -0.39 is 58.8 Å².